The maximum absolute atomic E-state index is 14.1. The van der Waals surface area contributed by atoms with Crippen LogP contribution < -0.4 is 9.46 Å². The number of methoxy groups -OCH3 is 1. The van der Waals surface area contributed by atoms with E-state index in [-0.39, 0.29) is 27.9 Å². The van der Waals surface area contributed by atoms with Crippen LogP contribution in [0.15, 0.2) is 40.7 Å². The first kappa shape index (κ1) is 27.3. The maximum Gasteiger partial charge on any atom is 0.417 e. The van der Waals surface area contributed by atoms with Gasteiger partial charge < -0.3 is 14.6 Å². The summed E-state index contributed by atoms with van der Waals surface area (Å²) in [6.45, 7) is 2.15. The number of aromatic carboxylic acids is 1. The Morgan fingerprint density at radius 1 is 1.22 bits per heavy atom. The zero-order valence-electron chi connectivity index (χ0n) is 20.2. The van der Waals surface area contributed by atoms with Gasteiger partial charge in [0.05, 0.1) is 23.9 Å². The van der Waals surface area contributed by atoms with Crippen LogP contribution in [0.25, 0.3) is 10.6 Å². The molecule has 1 aromatic heterocycles. The molecule has 0 bridgehead atoms. The summed E-state index contributed by atoms with van der Waals surface area (Å²) in [5.74, 6) is -1.49. The van der Waals surface area contributed by atoms with E-state index in [4.69, 9.17) is 9.84 Å². The van der Waals surface area contributed by atoms with E-state index >= 15 is 0 Å². The summed E-state index contributed by atoms with van der Waals surface area (Å²) in [5.41, 5.74) is -0.329. The van der Waals surface area contributed by atoms with Crippen molar-refractivity contribution in [2.24, 2.45) is 5.92 Å². The van der Waals surface area contributed by atoms with Crippen molar-refractivity contribution in [3.8, 4) is 16.3 Å². The van der Waals surface area contributed by atoms with Gasteiger partial charge >= 0.3 is 12.1 Å². The van der Waals surface area contributed by atoms with Crippen molar-refractivity contribution in [1.29, 1.82) is 0 Å². The Balaban J connectivity index is 1.54. The van der Waals surface area contributed by atoms with Crippen LogP contribution in [0.1, 0.15) is 66.4 Å². The van der Waals surface area contributed by atoms with Gasteiger partial charge in [0.15, 0.2) is 0 Å². The third kappa shape index (κ3) is 6.20. The van der Waals surface area contributed by atoms with Crippen molar-refractivity contribution in [2.45, 2.75) is 56.1 Å². The Morgan fingerprint density at radius 3 is 2.57 bits per heavy atom. The third-order valence-corrected chi connectivity index (χ3v) is 8.51. The summed E-state index contributed by atoms with van der Waals surface area (Å²) < 4.78 is 64.3. The molecule has 4 rings (SSSR count). The van der Waals surface area contributed by atoms with Crippen molar-refractivity contribution in [3.63, 3.8) is 0 Å². The number of benzene rings is 2. The summed E-state index contributed by atoms with van der Waals surface area (Å²) in [7, 11) is 1.31. The minimum atomic E-state index is -4.53. The second-order valence-corrected chi connectivity index (χ2v) is 10.6. The van der Waals surface area contributed by atoms with Crippen molar-refractivity contribution in [1.82, 2.24) is 4.98 Å². The van der Waals surface area contributed by atoms with E-state index in [1.165, 1.54) is 19.2 Å². The van der Waals surface area contributed by atoms with Crippen molar-refractivity contribution in [3.05, 3.63) is 58.2 Å². The summed E-state index contributed by atoms with van der Waals surface area (Å²) >= 11 is 2.03. The Kier molecular flexibility index (Phi) is 8.33. The summed E-state index contributed by atoms with van der Waals surface area (Å²) in [4.78, 5) is 15.5. The lowest BCUT2D eigenvalue weighted by Crippen LogP contribution is -2.14. The van der Waals surface area contributed by atoms with E-state index in [1.54, 1.807) is 11.4 Å². The van der Waals surface area contributed by atoms with E-state index in [0.717, 1.165) is 73.1 Å². The molecule has 11 heteroatoms. The monoisotopic (exact) mass is 554 g/mol. The molecule has 1 aliphatic carbocycles. The molecule has 0 radical (unpaired) electrons. The number of carboxylic acids is 1. The molecule has 1 saturated carbocycles. The molecule has 198 valence electrons. The number of hydrogen-bond acceptors (Lipinski definition) is 6. The fourth-order valence-electron chi connectivity index (χ4n) is 4.64. The molecule has 1 fully saturated rings. The van der Waals surface area contributed by atoms with Gasteiger partial charge in [-0.2, -0.15) is 13.2 Å². The van der Waals surface area contributed by atoms with E-state index in [9.17, 15) is 22.4 Å². The molecule has 0 spiro atoms. The second-order valence-electron chi connectivity index (χ2n) is 8.96. The highest BCUT2D eigenvalue weighted by molar-refractivity contribution is 8.00. The van der Waals surface area contributed by atoms with Gasteiger partial charge in [0.1, 0.15) is 21.6 Å². The Bertz CT molecular complexity index is 1270. The minimum absolute atomic E-state index is 0.0183. The van der Waals surface area contributed by atoms with Gasteiger partial charge in [0.2, 0.25) is 0 Å². The van der Waals surface area contributed by atoms with Crippen LogP contribution in [-0.2, 0) is 6.18 Å². The number of anilines is 1. The van der Waals surface area contributed by atoms with E-state index in [1.807, 2.05) is 0 Å². The van der Waals surface area contributed by atoms with Crippen LogP contribution in [0.4, 0.5) is 23.2 Å². The molecule has 0 unspecified atom stereocenters. The van der Waals surface area contributed by atoms with Crippen LogP contribution in [0, 0.1) is 11.7 Å². The molecular formula is C26H26F4N2O3S2. The zero-order valence-corrected chi connectivity index (χ0v) is 21.8. The third-order valence-electron chi connectivity index (χ3n) is 6.74. The first-order chi connectivity index (χ1) is 17.6. The van der Waals surface area contributed by atoms with Crippen molar-refractivity contribution >= 4 is 34.9 Å². The number of carboxylic acid groups (broad SMARTS) is 1. The fourth-order valence-corrected chi connectivity index (χ4v) is 6.27. The van der Waals surface area contributed by atoms with Gasteiger partial charge in [-0.3, -0.25) is 0 Å². The molecular weight excluding hydrogens is 528 g/mol. The lowest BCUT2D eigenvalue weighted by atomic mass is 9.77. The van der Waals surface area contributed by atoms with Crippen LogP contribution in [-0.4, -0.2) is 23.2 Å². The highest BCUT2D eigenvalue weighted by atomic mass is 32.2. The number of halogens is 4. The molecule has 0 atom stereocenters. The maximum atomic E-state index is 14.1. The van der Waals surface area contributed by atoms with Crippen molar-refractivity contribution < 1.29 is 32.2 Å². The number of ether oxygens (including phenoxy) is 1. The van der Waals surface area contributed by atoms with Crippen LogP contribution in [0.2, 0.25) is 0 Å². The number of aromatic nitrogens is 1. The normalized spacial score (nSPS) is 18.0. The van der Waals surface area contributed by atoms with Crippen molar-refractivity contribution in [2.75, 3.05) is 11.8 Å². The lowest BCUT2D eigenvalue weighted by Gasteiger charge is -2.28. The predicted molar refractivity (Wildman–Crippen MR) is 137 cm³/mol. The highest BCUT2D eigenvalue weighted by Gasteiger charge is 2.35. The standard InChI is InChI=1S/C26H26F4N2O3S2/c1-3-14-4-6-15(7-5-14)16-8-9-17(19(10-16)26(28,29)30)24-31-23(13-36-24)37-32-21-12-20(27)18(25(33)34)11-22(21)35-2/h8-15,32H,3-7H2,1-2H3,(H,33,34). The fraction of sp³-hybridized carbons (Fsp3) is 0.385. The Labute approximate surface area is 220 Å². The van der Waals surface area contributed by atoms with Gasteiger partial charge in [0.25, 0.3) is 0 Å². The number of nitrogens with zero attached hydrogens (tertiary/aromatic N) is 1. The van der Waals surface area contributed by atoms with Gasteiger partial charge in [0, 0.05) is 29.0 Å². The average molecular weight is 555 g/mol. The van der Waals surface area contributed by atoms with Crippen LogP contribution >= 0.6 is 23.3 Å². The number of nitrogens with one attached hydrogen (secondary N) is 1. The van der Waals surface area contributed by atoms with Crippen LogP contribution in [0.5, 0.6) is 5.75 Å². The molecule has 5 nitrogen and oxygen atoms in total. The average Bonchev–Trinajstić information content (AvgIpc) is 3.35. The van der Waals surface area contributed by atoms with E-state index < -0.39 is 29.1 Å². The topological polar surface area (TPSA) is 71.5 Å². The number of hydrogen-bond donors (Lipinski definition) is 2. The molecule has 37 heavy (non-hydrogen) atoms. The molecule has 2 aromatic carbocycles. The molecule has 1 aliphatic rings. The van der Waals surface area contributed by atoms with Gasteiger partial charge in [-0.05, 0) is 55.2 Å². The van der Waals surface area contributed by atoms with Gasteiger partial charge in [-0.25, -0.2) is 14.2 Å². The number of thiazole rings is 1. The summed E-state index contributed by atoms with van der Waals surface area (Å²) in [6.07, 6.45) is 0.455. The Morgan fingerprint density at radius 2 is 1.95 bits per heavy atom. The first-order valence-electron chi connectivity index (χ1n) is 11.8. The molecule has 2 N–H and O–H groups in total. The van der Waals surface area contributed by atoms with E-state index in [2.05, 4.69) is 16.6 Å². The first-order valence-corrected chi connectivity index (χ1v) is 13.5. The minimum Gasteiger partial charge on any atom is -0.495 e. The smallest absolute Gasteiger partial charge is 0.417 e. The predicted octanol–water partition coefficient (Wildman–Crippen LogP) is 8.48. The van der Waals surface area contributed by atoms with E-state index in [0.29, 0.717) is 10.9 Å². The molecule has 0 amide bonds. The highest BCUT2D eigenvalue weighted by Crippen LogP contribution is 2.43. The molecule has 1 heterocycles. The summed E-state index contributed by atoms with van der Waals surface area (Å²) in [6, 6.07) is 6.60. The zero-order chi connectivity index (χ0) is 26.7. The molecule has 3 aromatic rings. The van der Waals surface area contributed by atoms with Gasteiger partial charge in [-0.1, -0.05) is 25.5 Å². The molecule has 0 saturated heterocycles. The van der Waals surface area contributed by atoms with Gasteiger partial charge in [-0.15, -0.1) is 11.3 Å². The SMILES string of the molecule is CCC1CCC(c2ccc(-c3nc(SNc4cc(F)c(C(=O)O)cc4OC)cs3)c(C(F)(F)F)c2)CC1. The molecule has 0 aliphatic heterocycles. The Hall–Kier alpha value is -2.79. The number of rotatable bonds is 8. The van der Waals surface area contributed by atoms with Crippen LogP contribution in [0.3, 0.4) is 0 Å². The second kappa shape index (κ2) is 11.3. The number of alkyl halides is 3. The number of carbonyl (C=O) groups is 1. The largest absolute Gasteiger partial charge is 0.495 e. The quantitative estimate of drug-likeness (QED) is 0.215. The summed E-state index contributed by atoms with van der Waals surface area (Å²) in [5, 5.41) is 11.3. The lowest BCUT2D eigenvalue weighted by molar-refractivity contribution is -0.137.